The first-order chi connectivity index (χ1) is 3.95. The van der Waals surface area contributed by atoms with Crippen molar-refractivity contribution in [3.63, 3.8) is 0 Å². The zero-order chi connectivity index (χ0) is 7.49. The van der Waals surface area contributed by atoms with E-state index in [-0.39, 0.29) is 0 Å². The zero-order valence-corrected chi connectivity index (χ0v) is 5.50. The van der Waals surface area contributed by atoms with Crippen molar-refractivity contribution in [3.8, 4) is 0 Å². The normalized spacial score (nSPS) is 15.4. The Kier molecular flexibility index (Phi) is 3.06. The molecule has 4 N–H and O–H groups in total. The molecule has 6 heteroatoms. The zero-order valence-electron chi connectivity index (χ0n) is 4.69. The van der Waals surface area contributed by atoms with E-state index in [2.05, 4.69) is 0 Å². The smallest absolute Gasteiger partial charge is 0.266 e. The maximum atomic E-state index is 9.96. The molecule has 0 saturated carbocycles. The first-order valence-corrected chi connectivity index (χ1v) is 3.88. The maximum absolute atomic E-state index is 9.96. The SMILES string of the molecule is NC(CO)CS(=O)(=O)O. The fourth-order valence-electron chi connectivity index (χ4n) is 0.323. The largest absolute Gasteiger partial charge is 0.395 e. The highest BCUT2D eigenvalue weighted by Crippen LogP contribution is 1.84. The molecule has 1 unspecified atom stereocenters. The predicted octanol–water partition coefficient (Wildman–Crippen LogP) is -1.81. The van der Waals surface area contributed by atoms with Gasteiger partial charge in [-0.05, 0) is 0 Å². The molecule has 0 aromatic rings. The van der Waals surface area contributed by atoms with Crippen molar-refractivity contribution < 1.29 is 18.1 Å². The van der Waals surface area contributed by atoms with Gasteiger partial charge in [0.15, 0.2) is 0 Å². The van der Waals surface area contributed by atoms with Crippen LogP contribution < -0.4 is 5.73 Å². The van der Waals surface area contributed by atoms with Crippen LogP contribution in [0.5, 0.6) is 0 Å². The Hall–Kier alpha value is -0.170. The van der Waals surface area contributed by atoms with Gasteiger partial charge in [-0.2, -0.15) is 8.42 Å². The summed E-state index contributed by atoms with van der Waals surface area (Å²) in [5.74, 6) is -0.594. The van der Waals surface area contributed by atoms with Crippen molar-refractivity contribution in [3.05, 3.63) is 0 Å². The van der Waals surface area contributed by atoms with Crippen LogP contribution in [0, 0.1) is 0 Å². The summed E-state index contributed by atoms with van der Waals surface area (Å²) in [6.45, 7) is -0.445. The van der Waals surface area contributed by atoms with Crippen LogP contribution in [-0.4, -0.2) is 36.5 Å². The summed E-state index contributed by atoms with van der Waals surface area (Å²) in [5.41, 5.74) is 4.97. The summed E-state index contributed by atoms with van der Waals surface area (Å²) < 4.78 is 28.0. The molecule has 0 radical (unpaired) electrons. The molecule has 0 saturated heterocycles. The lowest BCUT2D eigenvalue weighted by molar-refractivity contribution is 0.272. The third-order valence-electron chi connectivity index (χ3n) is 0.659. The van der Waals surface area contributed by atoms with E-state index < -0.39 is 28.5 Å². The minimum atomic E-state index is -4.02. The van der Waals surface area contributed by atoms with E-state index in [0.29, 0.717) is 0 Å². The van der Waals surface area contributed by atoms with Crippen LogP contribution in [0.3, 0.4) is 0 Å². The molecule has 0 rings (SSSR count). The third-order valence-corrected chi connectivity index (χ3v) is 1.51. The first kappa shape index (κ1) is 8.83. The van der Waals surface area contributed by atoms with Gasteiger partial charge in [0.25, 0.3) is 10.1 Å². The van der Waals surface area contributed by atoms with Crippen LogP contribution in [-0.2, 0) is 10.1 Å². The molecule has 0 fully saturated rings. The van der Waals surface area contributed by atoms with E-state index in [0.717, 1.165) is 0 Å². The Morgan fingerprint density at radius 3 is 2.11 bits per heavy atom. The van der Waals surface area contributed by atoms with Crippen molar-refractivity contribution in [1.29, 1.82) is 0 Å². The highest BCUT2D eigenvalue weighted by atomic mass is 32.2. The van der Waals surface area contributed by atoms with E-state index >= 15 is 0 Å². The van der Waals surface area contributed by atoms with Gasteiger partial charge in [-0.3, -0.25) is 4.55 Å². The Balaban J connectivity index is 3.75. The number of aliphatic hydroxyl groups excluding tert-OH is 1. The minimum absolute atomic E-state index is 0.445. The second-order valence-corrected chi connectivity index (χ2v) is 3.19. The number of aliphatic hydroxyl groups is 1. The Morgan fingerprint density at radius 2 is 2.00 bits per heavy atom. The van der Waals surface area contributed by atoms with E-state index in [1.54, 1.807) is 0 Å². The molecule has 0 aliphatic rings. The number of hydrogen-bond acceptors (Lipinski definition) is 4. The Morgan fingerprint density at radius 1 is 1.56 bits per heavy atom. The molecule has 0 bridgehead atoms. The van der Waals surface area contributed by atoms with Crippen LogP contribution in [0.15, 0.2) is 0 Å². The van der Waals surface area contributed by atoms with Crippen LogP contribution in [0.1, 0.15) is 0 Å². The first-order valence-electron chi connectivity index (χ1n) is 2.27. The molecule has 5 nitrogen and oxygen atoms in total. The molecule has 1 atom stereocenters. The quantitative estimate of drug-likeness (QED) is 0.417. The standard InChI is InChI=1S/C3H9NO4S/c4-3(1-5)2-9(6,7)8/h3,5H,1-2,4H2,(H,6,7,8). The molecule has 0 aromatic heterocycles. The fraction of sp³-hybridized carbons (Fsp3) is 1.00. The molecular formula is C3H9NO4S. The molecule has 0 amide bonds. The van der Waals surface area contributed by atoms with Gasteiger partial charge in [0.1, 0.15) is 0 Å². The Bertz CT molecular complexity index is 163. The lowest BCUT2D eigenvalue weighted by Crippen LogP contribution is -2.32. The van der Waals surface area contributed by atoms with Gasteiger partial charge in [-0.1, -0.05) is 0 Å². The lowest BCUT2D eigenvalue weighted by atomic mass is 10.4. The van der Waals surface area contributed by atoms with Crippen LogP contribution >= 0.6 is 0 Å². The summed E-state index contributed by atoms with van der Waals surface area (Å²) >= 11 is 0. The predicted molar refractivity (Wildman–Crippen MR) is 31.5 cm³/mol. The summed E-state index contributed by atoms with van der Waals surface area (Å²) in [6.07, 6.45) is 0. The van der Waals surface area contributed by atoms with Gasteiger partial charge in [0, 0.05) is 6.04 Å². The highest BCUT2D eigenvalue weighted by Gasteiger charge is 2.10. The van der Waals surface area contributed by atoms with Gasteiger partial charge < -0.3 is 10.8 Å². The molecule has 0 aliphatic heterocycles. The van der Waals surface area contributed by atoms with Gasteiger partial charge in [-0.25, -0.2) is 0 Å². The van der Waals surface area contributed by atoms with E-state index in [1.807, 2.05) is 0 Å². The van der Waals surface area contributed by atoms with Crippen LogP contribution in [0.2, 0.25) is 0 Å². The second-order valence-electron chi connectivity index (χ2n) is 1.69. The van der Waals surface area contributed by atoms with Crippen molar-refractivity contribution in [2.24, 2.45) is 5.73 Å². The molecule has 0 aromatic carbocycles. The average molecular weight is 155 g/mol. The van der Waals surface area contributed by atoms with E-state index in [4.69, 9.17) is 15.4 Å². The van der Waals surface area contributed by atoms with Crippen molar-refractivity contribution in [2.75, 3.05) is 12.4 Å². The molecule has 0 spiro atoms. The summed E-state index contributed by atoms with van der Waals surface area (Å²) in [5, 5.41) is 8.20. The minimum Gasteiger partial charge on any atom is -0.395 e. The van der Waals surface area contributed by atoms with Crippen molar-refractivity contribution >= 4 is 10.1 Å². The van der Waals surface area contributed by atoms with Crippen LogP contribution in [0.4, 0.5) is 0 Å². The molecule has 0 heterocycles. The number of hydrogen-bond donors (Lipinski definition) is 3. The van der Waals surface area contributed by atoms with Crippen LogP contribution in [0.25, 0.3) is 0 Å². The average Bonchev–Trinajstić information content (AvgIpc) is 1.62. The van der Waals surface area contributed by atoms with Gasteiger partial charge >= 0.3 is 0 Å². The molecular weight excluding hydrogens is 146 g/mol. The molecule has 9 heavy (non-hydrogen) atoms. The van der Waals surface area contributed by atoms with E-state index in [1.165, 1.54) is 0 Å². The fourth-order valence-corrected chi connectivity index (χ4v) is 0.970. The number of rotatable bonds is 3. The van der Waals surface area contributed by atoms with Gasteiger partial charge in [0.05, 0.1) is 12.4 Å². The topological polar surface area (TPSA) is 101 Å². The van der Waals surface area contributed by atoms with Gasteiger partial charge in [0.2, 0.25) is 0 Å². The maximum Gasteiger partial charge on any atom is 0.266 e. The van der Waals surface area contributed by atoms with E-state index in [9.17, 15) is 8.42 Å². The highest BCUT2D eigenvalue weighted by molar-refractivity contribution is 7.85. The van der Waals surface area contributed by atoms with Crippen molar-refractivity contribution in [1.82, 2.24) is 0 Å². The lowest BCUT2D eigenvalue weighted by Gasteiger charge is -2.02. The Labute approximate surface area is 53.2 Å². The summed E-state index contributed by atoms with van der Waals surface area (Å²) in [4.78, 5) is 0. The number of nitrogens with two attached hydrogens (primary N) is 1. The molecule has 0 aliphatic carbocycles. The van der Waals surface area contributed by atoms with Crippen molar-refractivity contribution in [2.45, 2.75) is 6.04 Å². The third kappa shape index (κ3) is 5.71. The monoisotopic (exact) mass is 155 g/mol. The molecule has 56 valence electrons. The summed E-state index contributed by atoms with van der Waals surface area (Å²) in [6, 6.07) is -0.889. The second kappa shape index (κ2) is 3.11. The summed E-state index contributed by atoms with van der Waals surface area (Å²) in [7, 11) is -4.02. The van der Waals surface area contributed by atoms with Gasteiger partial charge in [-0.15, -0.1) is 0 Å².